The van der Waals surface area contributed by atoms with Crippen LogP contribution in [0.25, 0.3) is 0 Å². The van der Waals surface area contributed by atoms with Crippen molar-refractivity contribution in [2.45, 2.75) is 262 Å². The van der Waals surface area contributed by atoms with Gasteiger partial charge in [-0.1, -0.05) is 0 Å². The summed E-state index contributed by atoms with van der Waals surface area (Å²) in [6.07, 6.45) is 9.93. The zero-order chi connectivity index (χ0) is 54.6. The molecule has 0 radical (unpaired) electrons. The fourth-order valence-electron chi connectivity index (χ4n) is 15.8. The molecule has 13 nitrogen and oxygen atoms in total. The van der Waals surface area contributed by atoms with E-state index in [0.717, 1.165) is 98.8 Å². The van der Waals surface area contributed by atoms with E-state index in [2.05, 4.69) is 212 Å². The fourth-order valence-corrected chi connectivity index (χ4v) is 15.8. The van der Waals surface area contributed by atoms with Gasteiger partial charge in [-0.25, -0.2) is 0 Å². The first kappa shape index (κ1) is 61.1. The van der Waals surface area contributed by atoms with Gasteiger partial charge in [0.15, 0.2) is 0 Å². The minimum Gasteiger partial charge on any atom is -0.378 e. The Morgan fingerprint density at radius 3 is 1.04 bits per heavy atom. The number of piperidine rings is 2. The largest absolute Gasteiger partial charge is 0.378 e. The van der Waals surface area contributed by atoms with Crippen LogP contribution < -0.4 is 0 Å². The van der Waals surface area contributed by atoms with Gasteiger partial charge in [-0.15, -0.1) is 0 Å². The van der Waals surface area contributed by atoms with Crippen molar-refractivity contribution < 1.29 is 4.74 Å². The smallest absolute Gasteiger partial charge is 0.0635 e. The standard InChI is InChI=1S/C11H22N2O.2C11H22N2.C10H20N2.2C9H18N2/c1-11(2,3)13-5-9-7-14-8-10(6-13)12(9)4;1-11(2,3)13-7-9-5-6-10(8-13)12(9)4;1-11(2,3)13-9-5-6-10(13)8-12(4)7-9;1-10(2,3)12-6-8-5-9(7-12)11(8)4;1-7(2)11-6-8-4-9(11)5-10(8)3;1-7(2)11-8-4-9(11)6-10(3)5-8/h9-10H,5-8H2,1-4H3;2*9-10H,5-8H2,1-4H3;8-9H,5-7H2,1-4H3;2*7-9H,4-6H2,1-3H3. The lowest BCUT2D eigenvalue weighted by Crippen LogP contribution is -2.69. The average Bonchev–Trinajstić information content (AvgIpc) is 3.99. The van der Waals surface area contributed by atoms with Crippen molar-refractivity contribution in [3.63, 3.8) is 0 Å². The van der Waals surface area contributed by atoms with E-state index in [1.165, 1.54) is 110 Å². The molecule has 12 bridgehead atoms. The summed E-state index contributed by atoms with van der Waals surface area (Å²) in [6, 6.07) is 11.2. The summed E-state index contributed by atoms with van der Waals surface area (Å²) in [5.74, 6) is 0. The number of rotatable bonds is 2. The molecule has 0 spiro atoms. The SMILES string of the molecule is CC(C)N1C2CC1CN(C)C2.CC(C)N1CC2CC1CN2C.CN1C2CC1CN(C(C)(C)C)C2.CN1C2CCC1CN(C(C)(C)C)C2.CN1C2COCC1CN(C(C)(C)C)C2.CN1CC2CCC(C1)N2C(C)(C)C. The van der Waals surface area contributed by atoms with Crippen LogP contribution in [0.15, 0.2) is 0 Å². The maximum absolute atomic E-state index is 5.60. The van der Waals surface area contributed by atoms with Crippen molar-refractivity contribution in [2.75, 3.05) is 134 Å². The second-order valence-corrected chi connectivity index (χ2v) is 30.8. The Bertz CT molecular complexity index is 1660. The zero-order valence-electron chi connectivity index (χ0n) is 52.7. The molecule has 14 heterocycles. The average molecular weight is 1040 g/mol. The van der Waals surface area contributed by atoms with Crippen LogP contribution in [0.3, 0.4) is 0 Å². The summed E-state index contributed by atoms with van der Waals surface area (Å²) in [6.45, 7) is 54.0. The highest BCUT2D eigenvalue weighted by atomic mass is 16.5. The Hall–Kier alpha value is -0.520. The van der Waals surface area contributed by atoms with Crippen LogP contribution in [0.1, 0.15) is 156 Å². The molecule has 0 aromatic carbocycles. The number of piperazine rings is 6. The Labute approximate surface area is 458 Å². The summed E-state index contributed by atoms with van der Waals surface area (Å²) >= 11 is 0. The summed E-state index contributed by atoms with van der Waals surface area (Å²) in [5, 5.41) is 0. The molecule has 14 saturated heterocycles. The summed E-state index contributed by atoms with van der Waals surface area (Å²) in [7, 11) is 13.5. The van der Waals surface area contributed by atoms with E-state index in [-0.39, 0.29) is 0 Å². The maximum atomic E-state index is 5.60. The zero-order valence-corrected chi connectivity index (χ0v) is 52.7. The van der Waals surface area contributed by atoms with E-state index in [1.54, 1.807) is 0 Å². The van der Waals surface area contributed by atoms with Crippen molar-refractivity contribution in [1.82, 2.24) is 58.8 Å². The molecule has 0 saturated carbocycles. The van der Waals surface area contributed by atoms with E-state index in [4.69, 9.17) is 4.74 Å². The van der Waals surface area contributed by atoms with Gasteiger partial charge in [-0.2, -0.15) is 0 Å². The molecule has 14 aliphatic rings. The van der Waals surface area contributed by atoms with Gasteiger partial charge in [-0.05, 0) is 198 Å². The second-order valence-electron chi connectivity index (χ2n) is 30.8. The van der Waals surface area contributed by atoms with Crippen molar-refractivity contribution in [2.24, 2.45) is 0 Å². The number of morpholine rings is 1. The second kappa shape index (κ2) is 24.3. The fraction of sp³-hybridized carbons (Fsp3) is 1.00. The lowest BCUT2D eigenvalue weighted by atomic mass is 9.86. The molecular weight excluding hydrogens is 917 g/mol. The molecule has 12 atom stereocenters. The normalized spacial score (nSPS) is 37.6. The number of fused-ring (bicyclic) bond motifs is 12. The highest BCUT2D eigenvalue weighted by Crippen LogP contribution is 2.37. The van der Waals surface area contributed by atoms with E-state index in [9.17, 15) is 0 Å². The van der Waals surface area contributed by atoms with Crippen molar-refractivity contribution >= 4 is 0 Å². The van der Waals surface area contributed by atoms with Crippen molar-refractivity contribution in [3.05, 3.63) is 0 Å². The van der Waals surface area contributed by atoms with Gasteiger partial charge in [0.25, 0.3) is 0 Å². The van der Waals surface area contributed by atoms with Gasteiger partial charge >= 0.3 is 0 Å². The molecular formula is C61H122N12O. The van der Waals surface area contributed by atoms with Gasteiger partial charge in [0.05, 0.1) is 13.2 Å². The van der Waals surface area contributed by atoms with Crippen LogP contribution in [-0.4, -0.2) is 300 Å². The van der Waals surface area contributed by atoms with Gasteiger partial charge in [0, 0.05) is 185 Å². The molecule has 0 aromatic rings. The number of hydrogen-bond donors (Lipinski definition) is 0. The van der Waals surface area contributed by atoms with Crippen LogP contribution in [0.5, 0.6) is 0 Å². The van der Waals surface area contributed by atoms with Crippen LogP contribution in [-0.2, 0) is 4.74 Å². The Balaban J connectivity index is 0.000000130. The lowest BCUT2D eigenvalue weighted by Gasteiger charge is -2.58. The maximum Gasteiger partial charge on any atom is 0.0635 e. The highest BCUT2D eigenvalue weighted by molar-refractivity contribution is 5.04. The topological polar surface area (TPSA) is 48.1 Å². The van der Waals surface area contributed by atoms with Crippen LogP contribution in [0, 0.1) is 0 Å². The number of ether oxygens (including phenoxy) is 1. The summed E-state index contributed by atoms with van der Waals surface area (Å²) < 4.78 is 5.60. The van der Waals surface area contributed by atoms with Crippen LogP contribution in [0.4, 0.5) is 0 Å². The number of nitrogens with zero attached hydrogens (tertiary/aromatic N) is 12. The number of likely N-dealkylation sites (N-methyl/N-ethyl adjacent to an activating group) is 6. The third-order valence-electron chi connectivity index (χ3n) is 20.6. The Morgan fingerprint density at radius 2 is 0.689 bits per heavy atom. The number of likely N-dealkylation sites (tertiary alicyclic amines) is 4. The first-order valence-electron chi connectivity index (χ1n) is 30.7. The van der Waals surface area contributed by atoms with Gasteiger partial charge in [-0.3, -0.25) is 44.1 Å². The lowest BCUT2D eigenvalue weighted by molar-refractivity contribution is -0.103. The minimum absolute atomic E-state index is 0.301. The molecule has 13 heteroatoms. The van der Waals surface area contributed by atoms with Crippen molar-refractivity contribution in [1.29, 1.82) is 0 Å². The van der Waals surface area contributed by atoms with Gasteiger partial charge in [0.2, 0.25) is 0 Å². The molecule has 74 heavy (non-hydrogen) atoms. The van der Waals surface area contributed by atoms with Crippen molar-refractivity contribution in [3.8, 4) is 0 Å². The molecule has 0 aliphatic carbocycles. The van der Waals surface area contributed by atoms with Crippen LogP contribution >= 0.6 is 0 Å². The molecule has 0 amide bonds. The van der Waals surface area contributed by atoms with Gasteiger partial charge in [0.1, 0.15) is 0 Å². The first-order valence-corrected chi connectivity index (χ1v) is 30.7. The molecule has 0 N–H and O–H groups in total. The highest BCUT2D eigenvalue weighted by Gasteiger charge is 2.48. The minimum atomic E-state index is 0.301. The molecule has 12 unspecified atom stereocenters. The Kier molecular flexibility index (Phi) is 20.1. The third kappa shape index (κ3) is 14.7. The summed E-state index contributed by atoms with van der Waals surface area (Å²) in [4.78, 5) is 31.0. The molecule has 14 aliphatic heterocycles. The van der Waals surface area contributed by atoms with Gasteiger partial charge < -0.3 is 19.4 Å². The predicted molar refractivity (Wildman–Crippen MR) is 314 cm³/mol. The van der Waals surface area contributed by atoms with E-state index < -0.39 is 0 Å². The first-order chi connectivity index (χ1) is 34.3. The molecule has 0 aromatic heterocycles. The molecule has 432 valence electrons. The van der Waals surface area contributed by atoms with E-state index in [0.29, 0.717) is 34.2 Å². The Morgan fingerprint density at radius 1 is 0.338 bits per heavy atom. The quantitative estimate of drug-likeness (QED) is 0.297. The predicted octanol–water partition coefficient (Wildman–Crippen LogP) is 6.67. The van der Waals surface area contributed by atoms with Crippen LogP contribution in [0.2, 0.25) is 0 Å². The number of hydrogen-bond acceptors (Lipinski definition) is 13. The summed E-state index contributed by atoms with van der Waals surface area (Å²) in [5.41, 5.74) is 1.41. The van der Waals surface area contributed by atoms with E-state index in [1.807, 2.05) is 0 Å². The monoisotopic (exact) mass is 1040 g/mol. The third-order valence-corrected chi connectivity index (χ3v) is 20.6. The molecule has 14 rings (SSSR count). The van der Waals surface area contributed by atoms with E-state index >= 15 is 0 Å². The molecule has 14 fully saturated rings.